The van der Waals surface area contributed by atoms with Crippen LogP contribution in [0.1, 0.15) is 60.8 Å². The molecule has 0 aromatic heterocycles. The Morgan fingerprint density at radius 2 is 1.84 bits per heavy atom. The number of carboxylic acids is 1. The molecule has 0 aliphatic rings. The van der Waals surface area contributed by atoms with Crippen LogP contribution >= 0.6 is 0 Å². The molecular weight excluding hydrogens is 240 g/mol. The third-order valence-electron chi connectivity index (χ3n) is 3.38. The number of aliphatic carboxylic acids is 1. The molecule has 0 amide bonds. The highest BCUT2D eigenvalue weighted by atomic mass is 16.4. The molecule has 0 radical (unpaired) electrons. The van der Waals surface area contributed by atoms with Crippen LogP contribution in [0.15, 0.2) is 0 Å². The second kappa shape index (κ2) is 8.54. The minimum atomic E-state index is -0.884. The maximum absolute atomic E-state index is 11.6. The van der Waals surface area contributed by atoms with Crippen molar-refractivity contribution < 1.29 is 9.90 Å². The number of hydrogen-bond acceptors (Lipinski definition) is 3. The second-order valence-corrected chi connectivity index (χ2v) is 6.21. The Bertz CT molecular complexity index is 267. The lowest BCUT2D eigenvalue weighted by molar-refractivity contribution is -0.145. The molecule has 2 N–H and O–H groups in total. The summed E-state index contributed by atoms with van der Waals surface area (Å²) in [6, 6.07) is 0.523. The first kappa shape index (κ1) is 18.4. The Morgan fingerprint density at radius 1 is 1.26 bits per heavy atom. The third kappa shape index (κ3) is 6.92. The summed E-state index contributed by atoms with van der Waals surface area (Å²) in [6.07, 6.45) is 3.52. The van der Waals surface area contributed by atoms with E-state index in [4.69, 9.17) is 0 Å². The van der Waals surface area contributed by atoms with E-state index in [1.165, 1.54) is 12.8 Å². The molecule has 19 heavy (non-hydrogen) atoms. The lowest BCUT2D eigenvalue weighted by Crippen LogP contribution is -2.59. The number of nitrogens with one attached hydrogen (secondary N) is 1. The first-order valence-electron chi connectivity index (χ1n) is 7.48. The van der Waals surface area contributed by atoms with Crippen molar-refractivity contribution in [1.82, 2.24) is 10.2 Å². The molecule has 114 valence electrons. The summed E-state index contributed by atoms with van der Waals surface area (Å²) in [4.78, 5) is 13.8. The molecule has 4 nitrogen and oxygen atoms in total. The van der Waals surface area contributed by atoms with Gasteiger partial charge in [0, 0.05) is 18.6 Å². The van der Waals surface area contributed by atoms with Gasteiger partial charge in [0.2, 0.25) is 0 Å². The van der Waals surface area contributed by atoms with Crippen molar-refractivity contribution in [3.8, 4) is 0 Å². The topological polar surface area (TPSA) is 52.6 Å². The Hall–Kier alpha value is -0.610. The number of carbonyl (C=O) groups is 1. The van der Waals surface area contributed by atoms with Crippen LogP contribution in [0.4, 0.5) is 0 Å². The van der Waals surface area contributed by atoms with Crippen molar-refractivity contribution in [2.75, 3.05) is 13.1 Å². The van der Waals surface area contributed by atoms with Crippen LogP contribution in [-0.2, 0) is 4.79 Å². The van der Waals surface area contributed by atoms with Gasteiger partial charge < -0.3 is 5.11 Å². The molecule has 0 saturated heterocycles. The van der Waals surface area contributed by atoms with Gasteiger partial charge in [-0.05, 0) is 47.6 Å². The number of rotatable bonds is 10. The molecular formula is C15H32N2O2. The van der Waals surface area contributed by atoms with Crippen LogP contribution in [0.2, 0.25) is 0 Å². The predicted octanol–water partition coefficient (Wildman–Crippen LogP) is 2.73. The zero-order chi connectivity index (χ0) is 15.1. The van der Waals surface area contributed by atoms with Gasteiger partial charge in [0.25, 0.3) is 0 Å². The van der Waals surface area contributed by atoms with Gasteiger partial charge in [-0.1, -0.05) is 19.8 Å². The SMILES string of the molecule is CCCCCN(CC(C)(NC(C)C)C(=O)O)C(C)C. The summed E-state index contributed by atoms with van der Waals surface area (Å²) in [6.45, 7) is 13.7. The highest BCUT2D eigenvalue weighted by Gasteiger charge is 2.35. The van der Waals surface area contributed by atoms with Gasteiger partial charge in [0.1, 0.15) is 5.54 Å². The van der Waals surface area contributed by atoms with Crippen molar-refractivity contribution in [2.45, 2.75) is 78.4 Å². The van der Waals surface area contributed by atoms with Gasteiger partial charge in [0.15, 0.2) is 0 Å². The smallest absolute Gasteiger partial charge is 0.324 e. The largest absolute Gasteiger partial charge is 0.480 e. The van der Waals surface area contributed by atoms with Crippen LogP contribution in [0.3, 0.4) is 0 Å². The average molecular weight is 272 g/mol. The van der Waals surface area contributed by atoms with Crippen molar-refractivity contribution in [1.29, 1.82) is 0 Å². The van der Waals surface area contributed by atoms with E-state index in [9.17, 15) is 9.90 Å². The summed E-state index contributed by atoms with van der Waals surface area (Å²) >= 11 is 0. The van der Waals surface area contributed by atoms with E-state index in [-0.39, 0.29) is 6.04 Å². The zero-order valence-electron chi connectivity index (χ0n) is 13.5. The monoisotopic (exact) mass is 272 g/mol. The lowest BCUT2D eigenvalue weighted by atomic mass is 9.99. The third-order valence-corrected chi connectivity index (χ3v) is 3.38. The fourth-order valence-corrected chi connectivity index (χ4v) is 2.30. The van der Waals surface area contributed by atoms with E-state index in [1.54, 1.807) is 6.92 Å². The van der Waals surface area contributed by atoms with E-state index in [0.717, 1.165) is 13.0 Å². The van der Waals surface area contributed by atoms with E-state index < -0.39 is 11.5 Å². The minimum absolute atomic E-state index is 0.158. The molecule has 4 heteroatoms. The van der Waals surface area contributed by atoms with Crippen molar-refractivity contribution in [2.24, 2.45) is 0 Å². The Kier molecular flexibility index (Phi) is 8.26. The summed E-state index contributed by atoms with van der Waals surface area (Å²) < 4.78 is 0. The maximum atomic E-state index is 11.6. The molecule has 0 aromatic carbocycles. The van der Waals surface area contributed by atoms with Gasteiger partial charge in [-0.15, -0.1) is 0 Å². The van der Waals surface area contributed by atoms with Crippen molar-refractivity contribution >= 4 is 5.97 Å². The van der Waals surface area contributed by atoms with Crippen LogP contribution in [0.5, 0.6) is 0 Å². The van der Waals surface area contributed by atoms with Crippen LogP contribution in [0, 0.1) is 0 Å². The lowest BCUT2D eigenvalue weighted by Gasteiger charge is -2.36. The fraction of sp³-hybridized carbons (Fsp3) is 0.933. The van der Waals surface area contributed by atoms with Gasteiger partial charge in [-0.2, -0.15) is 0 Å². The maximum Gasteiger partial charge on any atom is 0.324 e. The van der Waals surface area contributed by atoms with Gasteiger partial charge in [-0.3, -0.25) is 15.0 Å². The summed E-state index contributed by atoms with van der Waals surface area (Å²) in [5.41, 5.74) is -0.884. The number of hydrogen-bond donors (Lipinski definition) is 2. The van der Waals surface area contributed by atoms with E-state index >= 15 is 0 Å². The average Bonchev–Trinajstić information content (AvgIpc) is 2.26. The number of unbranched alkanes of at least 4 members (excludes halogenated alkanes) is 2. The van der Waals surface area contributed by atoms with Gasteiger partial charge in [0.05, 0.1) is 0 Å². The Morgan fingerprint density at radius 3 is 2.21 bits per heavy atom. The summed E-state index contributed by atoms with van der Waals surface area (Å²) in [5, 5.41) is 12.7. The molecule has 0 spiro atoms. The molecule has 0 bridgehead atoms. The quantitative estimate of drug-likeness (QED) is 0.600. The van der Waals surface area contributed by atoms with Crippen LogP contribution in [0.25, 0.3) is 0 Å². The van der Waals surface area contributed by atoms with Gasteiger partial charge in [-0.25, -0.2) is 0 Å². The number of nitrogens with zero attached hydrogens (tertiary/aromatic N) is 1. The second-order valence-electron chi connectivity index (χ2n) is 6.21. The molecule has 0 fully saturated rings. The Balaban J connectivity index is 4.70. The normalized spacial score (nSPS) is 15.2. The molecule has 0 saturated carbocycles. The zero-order valence-corrected chi connectivity index (χ0v) is 13.5. The first-order valence-corrected chi connectivity index (χ1v) is 7.48. The number of carboxylic acid groups (broad SMARTS) is 1. The summed E-state index contributed by atoms with van der Waals surface area (Å²) in [7, 11) is 0. The minimum Gasteiger partial charge on any atom is -0.480 e. The van der Waals surface area contributed by atoms with E-state index in [1.807, 2.05) is 13.8 Å². The van der Waals surface area contributed by atoms with Crippen molar-refractivity contribution in [3.05, 3.63) is 0 Å². The highest BCUT2D eigenvalue weighted by molar-refractivity contribution is 5.78. The molecule has 1 unspecified atom stereocenters. The molecule has 0 heterocycles. The molecule has 1 atom stereocenters. The van der Waals surface area contributed by atoms with Crippen molar-refractivity contribution in [3.63, 3.8) is 0 Å². The molecule has 0 aromatic rings. The van der Waals surface area contributed by atoms with E-state index in [0.29, 0.717) is 12.6 Å². The summed E-state index contributed by atoms with van der Waals surface area (Å²) in [5.74, 6) is -0.776. The first-order chi connectivity index (χ1) is 8.73. The molecule has 0 aliphatic carbocycles. The Labute approximate surface area is 118 Å². The van der Waals surface area contributed by atoms with Gasteiger partial charge >= 0.3 is 5.97 Å². The standard InChI is InChI=1S/C15H32N2O2/c1-7-8-9-10-17(13(4)5)11-15(6,14(18)19)16-12(2)3/h12-13,16H,7-11H2,1-6H3,(H,18,19). The van der Waals surface area contributed by atoms with E-state index in [2.05, 4.69) is 31.0 Å². The molecule has 0 aliphatic heterocycles. The van der Waals surface area contributed by atoms with Crippen LogP contribution in [-0.4, -0.2) is 46.7 Å². The molecule has 0 rings (SSSR count). The van der Waals surface area contributed by atoms with Crippen LogP contribution < -0.4 is 5.32 Å². The fourth-order valence-electron chi connectivity index (χ4n) is 2.30. The highest BCUT2D eigenvalue weighted by Crippen LogP contribution is 2.13. The predicted molar refractivity (Wildman–Crippen MR) is 80.5 cm³/mol.